The van der Waals surface area contributed by atoms with Crippen molar-refractivity contribution in [1.29, 1.82) is 0 Å². The summed E-state index contributed by atoms with van der Waals surface area (Å²) >= 11 is 6.27. The zero-order valence-electron chi connectivity index (χ0n) is 12.9. The highest BCUT2D eigenvalue weighted by molar-refractivity contribution is 6.31. The molecule has 1 atom stereocenters. The van der Waals surface area contributed by atoms with Gasteiger partial charge in [-0.2, -0.15) is 0 Å². The van der Waals surface area contributed by atoms with Crippen molar-refractivity contribution < 1.29 is 0 Å². The fraction of sp³-hybridized carbons (Fsp3) is 0.389. The van der Waals surface area contributed by atoms with E-state index in [0.717, 1.165) is 43.2 Å². The van der Waals surface area contributed by atoms with Crippen LogP contribution in [0.25, 0.3) is 0 Å². The smallest absolute Gasteiger partial charge is 0.0634 e. The van der Waals surface area contributed by atoms with E-state index >= 15 is 0 Å². The maximum absolute atomic E-state index is 6.27. The topological polar surface area (TPSA) is 28.2 Å². The van der Waals surface area contributed by atoms with Gasteiger partial charge >= 0.3 is 0 Å². The Morgan fingerprint density at radius 1 is 1.27 bits per heavy atom. The third-order valence-corrected chi connectivity index (χ3v) is 4.70. The zero-order chi connectivity index (χ0) is 15.4. The third-order valence-electron chi connectivity index (χ3n) is 4.36. The van der Waals surface area contributed by atoms with E-state index in [1.54, 1.807) is 6.20 Å². The second-order valence-corrected chi connectivity index (χ2v) is 6.16. The van der Waals surface area contributed by atoms with E-state index in [9.17, 15) is 0 Å². The van der Waals surface area contributed by atoms with Crippen LogP contribution in [0.3, 0.4) is 0 Å². The number of nitrogens with one attached hydrogen (secondary N) is 1. The van der Waals surface area contributed by atoms with Crippen molar-refractivity contribution in [3.8, 4) is 0 Å². The average Bonchev–Trinajstić information content (AvgIpc) is 2.58. The Bertz CT molecular complexity index is 612. The summed E-state index contributed by atoms with van der Waals surface area (Å²) in [5.74, 6) is 0. The van der Waals surface area contributed by atoms with E-state index in [2.05, 4.69) is 46.4 Å². The zero-order valence-corrected chi connectivity index (χ0v) is 13.7. The van der Waals surface area contributed by atoms with Gasteiger partial charge in [-0.25, -0.2) is 0 Å². The number of pyridine rings is 1. The molecule has 116 valence electrons. The SMILES string of the molecule is CCc1ccc(C2CNCCN2Cc2ccncc2Cl)cc1. The van der Waals surface area contributed by atoms with Gasteiger partial charge in [0.2, 0.25) is 0 Å². The highest BCUT2D eigenvalue weighted by atomic mass is 35.5. The highest BCUT2D eigenvalue weighted by Gasteiger charge is 2.24. The lowest BCUT2D eigenvalue weighted by atomic mass is 10.0. The molecule has 0 radical (unpaired) electrons. The molecule has 22 heavy (non-hydrogen) atoms. The Balaban J connectivity index is 1.80. The van der Waals surface area contributed by atoms with Gasteiger partial charge in [-0.05, 0) is 29.2 Å². The van der Waals surface area contributed by atoms with E-state index < -0.39 is 0 Å². The van der Waals surface area contributed by atoms with Crippen molar-refractivity contribution in [2.45, 2.75) is 25.9 Å². The van der Waals surface area contributed by atoms with E-state index in [4.69, 9.17) is 11.6 Å². The van der Waals surface area contributed by atoms with Crippen molar-refractivity contribution in [3.05, 3.63) is 64.4 Å². The first-order chi connectivity index (χ1) is 10.8. The molecule has 0 bridgehead atoms. The van der Waals surface area contributed by atoms with E-state index in [1.165, 1.54) is 11.1 Å². The van der Waals surface area contributed by atoms with Crippen LogP contribution < -0.4 is 5.32 Å². The molecule has 1 fully saturated rings. The molecular formula is C18H22ClN3. The van der Waals surface area contributed by atoms with E-state index in [1.807, 2.05) is 12.3 Å². The summed E-state index contributed by atoms with van der Waals surface area (Å²) in [6.07, 6.45) is 4.62. The van der Waals surface area contributed by atoms with Gasteiger partial charge in [0.1, 0.15) is 0 Å². The van der Waals surface area contributed by atoms with E-state index in [-0.39, 0.29) is 0 Å². The number of rotatable bonds is 4. The molecular weight excluding hydrogens is 294 g/mol. The second-order valence-electron chi connectivity index (χ2n) is 5.75. The fourth-order valence-corrected chi connectivity index (χ4v) is 3.17. The van der Waals surface area contributed by atoms with Crippen LogP contribution in [0.1, 0.15) is 29.7 Å². The predicted molar refractivity (Wildman–Crippen MR) is 91.1 cm³/mol. The maximum atomic E-state index is 6.27. The van der Waals surface area contributed by atoms with Crippen LogP contribution in [0.2, 0.25) is 5.02 Å². The van der Waals surface area contributed by atoms with Gasteiger partial charge in [0.05, 0.1) is 5.02 Å². The molecule has 0 aliphatic carbocycles. The van der Waals surface area contributed by atoms with Crippen LogP contribution in [0, 0.1) is 0 Å². The van der Waals surface area contributed by atoms with Crippen LogP contribution in [0.4, 0.5) is 0 Å². The number of hydrogen-bond acceptors (Lipinski definition) is 3. The molecule has 1 aromatic carbocycles. The van der Waals surface area contributed by atoms with Crippen LogP contribution in [0.15, 0.2) is 42.7 Å². The second kappa shape index (κ2) is 7.23. The molecule has 1 aliphatic rings. The number of aryl methyl sites for hydroxylation is 1. The number of nitrogens with zero attached hydrogens (tertiary/aromatic N) is 2. The largest absolute Gasteiger partial charge is 0.314 e. The lowest BCUT2D eigenvalue weighted by molar-refractivity contribution is 0.154. The summed E-state index contributed by atoms with van der Waals surface area (Å²) < 4.78 is 0. The monoisotopic (exact) mass is 315 g/mol. The number of halogens is 1. The maximum Gasteiger partial charge on any atom is 0.0634 e. The molecule has 0 amide bonds. The summed E-state index contributed by atoms with van der Waals surface area (Å²) in [6, 6.07) is 11.4. The molecule has 1 aliphatic heterocycles. The van der Waals surface area contributed by atoms with Gasteiger partial charge in [-0.1, -0.05) is 42.8 Å². The van der Waals surface area contributed by atoms with Crippen LogP contribution in [-0.4, -0.2) is 29.5 Å². The minimum Gasteiger partial charge on any atom is -0.314 e. The Morgan fingerprint density at radius 3 is 2.82 bits per heavy atom. The summed E-state index contributed by atoms with van der Waals surface area (Å²) in [5, 5.41) is 4.26. The first-order valence-corrected chi connectivity index (χ1v) is 8.27. The van der Waals surface area contributed by atoms with Gasteiger partial charge in [0, 0.05) is 44.6 Å². The molecule has 1 N–H and O–H groups in total. The molecule has 1 unspecified atom stereocenters. The standard InChI is InChI=1S/C18H22ClN3/c1-2-14-3-5-15(6-4-14)18-12-21-9-10-22(18)13-16-7-8-20-11-17(16)19/h3-8,11,18,21H,2,9-10,12-13H2,1H3. The minimum absolute atomic E-state index is 0.392. The summed E-state index contributed by atoms with van der Waals surface area (Å²) in [4.78, 5) is 6.57. The highest BCUT2D eigenvalue weighted by Crippen LogP contribution is 2.26. The molecule has 0 saturated carbocycles. The van der Waals surface area contributed by atoms with Gasteiger partial charge in [-0.15, -0.1) is 0 Å². The van der Waals surface area contributed by atoms with Crippen molar-refractivity contribution in [2.75, 3.05) is 19.6 Å². The first-order valence-electron chi connectivity index (χ1n) is 7.90. The van der Waals surface area contributed by atoms with Gasteiger partial charge < -0.3 is 5.32 Å². The molecule has 3 nitrogen and oxygen atoms in total. The van der Waals surface area contributed by atoms with Crippen molar-refractivity contribution in [1.82, 2.24) is 15.2 Å². The molecule has 1 saturated heterocycles. The van der Waals surface area contributed by atoms with Crippen molar-refractivity contribution >= 4 is 11.6 Å². The van der Waals surface area contributed by atoms with Gasteiger partial charge in [0.15, 0.2) is 0 Å². The van der Waals surface area contributed by atoms with Crippen LogP contribution in [-0.2, 0) is 13.0 Å². The fourth-order valence-electron chi connectivity index (χ4n) is 2.99. The molecule has 4 heteroatoms. The van der Waals surface area contributed by atoms with Gasteiger partial charge in [0.25, 0.3) is 0 Å². The van der Waals surface area contributed by atoms with Crippen LogP contribution >= 0.6 is 11.6 Å². The number of piperazine rings is 1. The summed E-state index contributed by atoms with van der Waals surface area (Å²) in [7, 11) is 0. The molecule has 2 aromatic rings. The lowest BCUT2D eigenvalue weighted by Crippen LogP contribution is -2.45. The third kappa shape index (κ3) is 3.49. The van der Waals surface area contributed by atoms with Gasteiger partial charge in [-0.3, -0.25) is 9.88 Å². The Labute approximate surface area is 137 Å². The number of benzene rings is 1. The average molecular weight is 316 g/mol. The Morgan fingerprint density at radius 2 is 2.09 bits per heavy atom. The normalized spacial score (nSPS) is 19.3. The predicted octanol–water partition coefficient (Wildman–Crippen LogP) is 3.44. The minimum atomic E-state index is 0.392. The molecule has 1 aromatic heterocycles. The molecule has 3 rings (SSSR count). The number of hydrogen-bond donors (Lipinski definition) is 1. The Hall–Kier alpha value is -1.42. The lowest BCUT2D eigenvalue weighted by Gasteiger charge is -2.36. The Kier molecular flexibility index (Phi) is 5.08. The number of aromatic nitrogens is 1. The summed E-state index contributed by atoms with van der Waals surface area (Å²) in [6.45, 7) is 6.08. The van der Waals surface area contributed by atoms with E-state index in [0.29, 0.717) is 6.04 Å². The summed E-state index contributed by atoms with van der Waals surface area (Å²) in [5.41, 5.74) is 3.90. The van der Waals surface area contributed by atoms with Crippen molar-refractivity contribution in [3.63, 3.8) is 0 Å². The molecule has 0 spiro atoms. The quantitative estimate of drug-likeness (QED) is 0.936. The van der Waals surface area contributed by atoms with Crippen molar-refractivity contribution in [2.24, 2.45) is 0 Å². The first kappa shape index (κ1) is 15.5. The van der Waals surface area contributed by atoms with Crippen LogP contribution in [0.5, 0.6) is 0 Å². The molecule has 2 heterocycles.